The van der Waals surface area contributed by atoms with Crippen molar-refractivity contribution in [1.29, 1.82) is 0 Å². The van der Waals surface area contributed by atoms with E-state index in [1.165, 1.54) is 0 Å². The van der Waals surface area contributed by atoms with E-state index in [0.29, 0.717) is 0 Å². The Kier molecular flexibility index (Phi) is 9.77. The van der Waals surface area contributed by atoms with Crippen molar-refractivity contribution in [3.63, 3.8) is 0 Å². The Morgan fingerprint density at radius 2 is 1.68 bits per heavy atom. The number of hydrogen-bond acceptors (Lipinski definition) is 1. The molecule has 1 aliphatic heterocycles. The molecule has 1 aromatic rings. The van der Waals surface area contributed by atoms with Crippen LogP contribution in [0.1, 0.15) is 47.2 Å². The topological polar surface area (TPSA) is 46.9 Å². The zero-order chi connectivity index (χ0) is 18.4. The molecule has 0 N–H and O–H groups in total. The van der Waals surface area contributed by atoms with E-state index in [-0.39, 0.29) is 37.7 Å². The third kappa shape index (κ3) is 7.39. The van der Waals surface area contributed by atoms with Crippen molar-refractivity contribution in [2.24, 2.45) is 0 Å². The number of rotatable bonds is 2. The van der Waals surface area contributed by atoms with Crippen LogP contribution < -0.4 is 0 Å². The molecule has 1 radical (unpaired) electrons. The van der Waals surface area contributed by atoms with Crippen molar-refractivity contribution < 1.29 is 24.1 Å². The summed E-state index contributed by atoms with van der Waals surface area (Å²) in [7, 11) is -0.308. The minimum atomic E-state index is -0.308. The molecule has 0 unspecified atom stereocenters. The smallest absolute Gasteiger partial charge is 1.00 e. The predicted octanol–water partition coefficient (Wildman–Crippen LogP) is 6.25. The fourth-order valence-electron chi connectivity index (χ4n) is 2.71. The molecular weight excluding hydrogens is 416 g/mol. The van der Waals surface area contributed by atoms with Gasteiger partial charge in [-0.1, -0.05) is 79.6 Å². The Labute approximate surface area is 166 Å². The van der Waals surface area contributed by atoms with Gasteiger partial charge >= 0.3 is 30.8 Å². The molecule has 25 heavy (non-hydrogen) atoms. The van der Waals surface area contributed by atoms with Gasteiger partial charge in [-0.15, -0.1) is 11.4 Å². The molecule has 3 nitrogen and oxygen atoms in total. The maximum atomic E-state index is 7.50. The molecule has 2 rings (SSSR count). The Balaban J connectivity index is 0.00000185. The van der Waals surface area contributed by atoms with E-state index < -0.39 is 0 Å². The van der Waals surface area contributed by atoms with Crippen molar-refractivity contribution in [2.75, 3.05) is 0 Å². The fourth-order valence-corrected chi connectivity index (χ4v) is 5.90. The quantitative estimate of drug-likeness (QED) is 0.231. The van der Waals surface area contributed by atoms with Crippen LogP contribution in [0, 0.1) is 6.65 Å². The summed E-state index contributed by atoms with van der Waals surface area (Å²) < 4.78 is 7.50. The Bertz CT molecular complexity index is 636. The molecule has 2 heterocycles. The minimum Gasteiger partial charge on any atom is 1.00 e. The molecule has 0 amide bonds. The molecular formula is C20H26N2OPRu. The summed E-state index contributed by atoms with van der Waals surface area (Å²) in [5.41, 5.74) is 2.92. The summed E-state index contributed by atoms with van der Waals surface area (Å²) in [4.78, 5) is 4.40. The van der Waals surface area contributed by atoms with Crippen molar-refractivity contribution in [1.82, 2.24) is 4.98 Å². The van der Waals surface area contributed by atoms with E-state index in [1.54, 1.807) is 0 Å². The molecule has 0 fully saturated rings. The SMILES string of the molecule is CC(C)(C)P(/C=C1/C=CC=C(c2ccccn2)[N-]1)C(C)(C)C.[C-]#[O+].[Ru+]. The normalized spacial score (nSPS) is 15.6. The summed E-state index contributed by atoms with van der Waals surface area (Å²) in [6.07, 6.45) is 8.00. The first-order valence-corrected chi connectivity index (χ1v) is 9.32. The molecule has 0 aliphatic carbocycles. The monoisotopic (exact) mass is 443 g/mol. The first-order valence-electron chi connectivity index (χ1n) is 7.91. The number of nitrogens with zero attached hydrogens (tertiary/aromatic N) is 2. The van der Waals surface area contributed by atoms with Gasteiger partial charge in [0, 0.05) is 11.9 Å². The van der Waals surface area contributed by atoms with Crippen LogP contribution in [0.15, 0.2) is 54.1 Å². The number of hydrogen-bond donors (Lipinski definition) is 0. The molecule has 5 heteroatoms. The molecule has 0 atom stereocenters. The van der Waals surface area contributed by atoms with Crippen molar-refractivity contribution >= 4 is 13.6 Å². The van der Waals surface area contributed by atoms with E-state index in [1.807, 2.05) is 30.5 Å². The molecule has 0 aromatic carbocycles. The van der Waals surface area contributed by atoms with Crippen LogP contribution in [-0.4, -0.2) is 15.3 Å². The molecule has 135 valence electrons. The standard InChI is InChI=1S/C19H26N2P.CO.Ru/c1-18(2,3)22(19(4,5)6)14-15-10-9-12-17(21-15)16-11-7-8-13-20-16;1-2;/h7-14H,1-6H3;;/q-1;;+1/b15-14-;;. The van der Waals surface area contributed by atoms with Crippen molar-refractivity contribution in [2.45, 2.75) is 51.9 Å². The van der Waals surface area contributed by atoms with Gasteiger partial charge in [0.2, 0.25) is 0 Å². The maximum Gasteiger partial charge on any atom is 1.00 e. The summed E-state index contributed by atoms with van der Waals surface area (Å²) in [5, 5.41) is 5.33. The van der Waals surface area contributed by atoms with Gasteiger partial charge in [-0.05, 0) is 22.4 Å². The molecule has 0 saturated heterocycles. The Morgan fingerprint density at radius 3 is 2.16 bits per heavy atom. The van der Waals surface area contributed by atoms with Gasteiger partial charge in [0.15, 0.2) is 0 Å². The second kappa shape index (κ2) is 10.2. The predicted molar refractivity (Wildman–Crippen MR) is 103 cm³/mol. The van der Waals surface area contributed by atoms with Gasteiger partial charge < -0.3 is 5.32 Å². The van der Waals surface area contributed by atoms with Gasteiger partial charge in [-0.25, -0.2) is 0 Å². The van der Waals surface area contributed by atoms with Gasteiger partial charge in [0.1, 0.15) is 0 Å². The zero-order valence-electron chi connectivity index (χ0n) is 15.7. The van der Waals surface area contributed by atoms with Crippen LogP contribution in [0.2, 0.25) is 0 Å². The minimum absolute atomic E-state index is 0. The van der Waals surface area contributed by atoms with E-state index in [2.05, 4.69) is 71.1 Å². The second-order valence-electron chi connectivity index (χ2n) is 7.50. The zero-order valence-corrected chi connectivity index (χ0v) is 18.4. The third-order valence-electron chi connectivity index (χ3n) is 3.40. The number of pyridine rings is 1. The molecule has 1 aliphatic rings. The third-order valence-corrected chi connectivity index (χ3v) is 6.82. The number of allylic oxidation sites excluding steroid dienone is 3. The van der Waals surface area contributed by atoms with Gasteiger partial charge in [-0.3, -0.25) is 4.98 Å². The van der Waals surface area contributed by atoms with Crippen LogP contribution in [0.3, 0.4) is 0 Å². The largest absolute Gasteiger partial charge is 1.00 e. The Hall–Kier alpha value is -1.04. The van der Waals surface area contributed by atoms with Crippen LogP contribution in [-0.2, 0) is 24.1 Å². The van der Waals surface area contributed by atoms with Crippen LogP contribution in [0.4, 0.5) is 0 Å². The summed E-state index contributed by atoms with van der Waals surface area (Å²) in [6, 6.07) is 5.93. The van der Waals surface area contributed by atoms with E-state index in [9.17, 15) is 0 Å². The molecule has 0 saturated carbocycles. The second-order valence-corrected chi connectivity index (χ2v) is 11.2. The van der Waals surface area contributed by atoms with Crippen LogP contribution in [0.5, 0.6) is 0 Å². The maximum absolute atomic E-state index is 7.50. The average molecular weight is 442 g/mol. The fraction of sp³-hybridized carbons (Fsp3) is 0.400. The van der Waals surface area contributed by atoms with Gasteiger partial charge in [0.05, 0.1) is 0 Å². The van der Waals surface area contributed by atoms with Crippen molar-refractivity contribution in [3.05, 3.63) is 71.8 Å². The summed E-state index contributed by atoms with van der Waals surface area (Å²) >= 11 is 0. The van der Waals surface area contributed by atoms with Crippen LogP contribution >= 0.6 is 7.92 Å². The summed E-state index contributed by atoms with van der Waals surface area (Å²) in [5.74, 6) is 2.38. The van der Waals surface area contributed by atoms with E-state index in [4.69, 9.17) is 9.97 Å². The molecule has 0 spiro atoms. The summed E-state index contributed by atoms with van der Waals surface area (Å²) in [6.45, 7) is 18.4. The average Bonchev–Trinajstić information content (AvgIpc) is 2.53. The first kappa shape index (κ1) is 24.0. The van der Waals surface area contributed by atoms with E-state index in [0.717, 1.165) is 17.1 Å². The van der Waals surface area contributed by atoms with E-state index >= 15 is 0 Å². The first-order chi connectivity index (χ1) is 11.2. The molecule has 1 aromatic heterocycles. The van der Waals surface area contributed by atoms with Gasteiger partial charge in [0.25, 0.3) is 0 Å². The van der Waals surface area contributed by atoms with Crippen molar-refractivity contribution in [3.8, 4) is 0 Å². The molecule has 0 bridgehead atoms. The Morgan fingerprint density at radius 1 is 1.08 bits per heavy atom. The number of aromatic nitrogens is 1. The van der Waals surface area contributed by atoms with Gasteiger partial charge in [-0.2, -0.15) is 0 Å². The van der Waals surface area contributed by atoms with Crippen LogP contribution in [0.25, 0.3) is 11.0 Å².